The molecule has 0 amide bonds. The molecule has 0 radical (unpaired) electrons. The zero-order valence-corrected chi connectivity index (χ0v) is 7.58. The maximum absolute atomic E-state index is 9.12. The van der Waals surface area contributed by atoms with Crippen LogP contribution in [0.15, 0.2) is 22.8 Å². The van der Waals surface area contributed by atoms with Crippen LogP contribution in [0.1, 0.15) is 12.0 Å². The summed E-state index contributed by atoms with van der Waals surface area (Å²) < 4.78 is 5.53. The Labute approximate surface area is 73.2 Å². The Morgan fingerprint density at radius 2 is 2.36 bits per heavy atom. The minimum Gasteiger partial charge on any atom is -0.363 e. The standard InChI is InChI=1S/C7H8BrNO2/c1-11-7(10)6-3-2-5(8)4-9-6/h2-4,7,10H,1H3. The van der Waals surface area contributed by atoms with Gasteiger partial charge in [0.25, 0.3) is 0 Å². The fraction of sp³-hybridized carbons (Fsp3) is 0.286. The van der Waals surface area contributed by atoms with E-state index in [2.05, 4.69) is 25.7 Å². The first-order chi connectivity index (χ1) is 5.24. The molecule has 4 heteroatoms. The molecule has 1 aromatic heterocycles. The second kappa shape index (κ2) is 3.80. The molecule has 3 nitrogen and oxygen atoms in total. The van der Waals surface area contributed by atoms with Crippen molar-refractivity contribution < 1.29 is 9.84 Å². The summed E-state index contributed by atoms with van der Waals surface area (Å²) in [5.41, 5.74) is 0.510. The molecule has 0 aliphatic heterocycles. The summed E-state index contributed by atoms with van der Waals surface area (Å²) in [6.07, 6.45) is 0.681. The number of halogens is 1. The average molecular weight is 218 g/mol. The van der Waals surface area contributed by atoms with Crippen LogP contribution in [0, 0.1) is 0 Å². The number of rotatable bonds is 2. The highest BCUT2D eigenvalue weighted by molar-refractivity contribution is 9.10. The highest BCUT2D eigenvalue weighted by Gasteiger charge is 2.05. The van der Waals surface area contributed by atoms with Crippen LogP contribution in [-0.2, 0) is 4.74 Å². The van der Waals surface area contributed by atoms with Crippen molar-refractivity contribution in [1.29, 1.82) is 0 Å². The van der Waals surface area contributed by atoms with E-state index >= 15 is 0 Å². The molecule has 11 heavy (non-hydrogen) atoms. The number of hydrogen-bond acceptors (Lipinski definition) is 3. The number of ether oxygens (including phenoxy) is 1. The van der Waals surface area contributed by atoms with Crippen LogP contribution >= 0.6 is 15.9 Å². The molecule has 1 heterocycles. The average Bonchev–Trinajstić information content (AvgIpc) is 2.05. The first kappa shape index (κ1) is 8.64. The molecule has 0 bridgehead atoms. The van der Waals surface area contributed by atoms with Crippen LogP contribution in [-0.4, -0.2) is 17.2 Å². The molecule has 1 rings (SSSR count). The van der Waals surface area contributed by atoms with Crippen LogP contribution in [0.4, 0.5) is 0 Å². The van der Waals surface area contributed by atoms with E-state index in [1.54, 1.807) is 18.3 Å². The molecule has 0 aliphatic carbocycles. The lowest BCUT2D eigenvalue weighted by molar-refractivity contribution is -0.0798. The Morgan fingerprint density at radius 1 is 1.64 bits per heavy atom. The Bertz CT molecular complexity index is 224. The molecule has 0 spiro atoms. The van der Waals surface area contributed by atoms with E-state index in [1.807, 2.05) is 0 Å². The summed E-state index contributed by atoms with van der Waals surface area (Å²) in [7, 11) is 1.42. The van der Waals surface area contributed by atoms with E-state index in [9.17, 15) is 0 Å². The summed E-state index contributed by atoms with van der Waals surface area (Å²) >= 11 is 3.23. The van der Waals surface area contributed by atoms with Crippen molar-refractivity contribution in [3.63, 3.8) is 0 Å². The molecule has 0 saturated carbocycles. The molecule has 1 unspecified atom stereocenters. The lowest BCUT2D eigenvalue weighted by Crippen LogP contribution is -2.01. The fourth-order valence-electron chi connectivity index (χ4n) is 0.654. The predicted octanol–water partition coefficient (Wildman–Crippen LogP) is 1.48. The van der Waals surface area contributed by atoms with Gasteiger partial charge in [-0.15, -0.1) is 0 Å². The topological polar surface area (TPSA) is 42.4 Å². The molecule has 0 saturated heterocycles. The fourth-order valence-corrected chi connectivity index (χ4v) is 0.889. The number of hydrogen-bond donors (Lipinski definition) is 1. The van der Waals surface area contributed by atoms with E-state index in [4.69, 9.17) is 5.11 Å². The largest absolute Gasteiger partial charge is 0.363 e. The van der Waals surface area contributed by atoms with Gasteiger partial charge in [0.15, 0.2) is 6.29 Å². The van der Waals surface area contributed by atoms with E-state index < -0.39 is 6.29 Å². The monoisotopic (exact) mass is 217 g/mol. The number of aliphatic hydroxyl groups is 1. The van der Waals surface area contributed by atoms with Crippen molar-refractivity contribution in [1.82, 2.24) is 4.98 Å². The van der Waals surface area contributed by atoms with Gasteiger partial charge < -0.3 is 9.84 Å². The second-order valence-electron chi connectivity index (χ2n) is 1.99. The summed E-state index contributed by atoms with van der Waals surface area (Å²) in [6.45, 7) is 0. The summed E-state index contributed by atoms with van der Waals surface area (Å²) in [5, 5.41) is 9.12. The van der Waals surface area contributed by atoms with Crippen molar-refractivity contribution in [2.45, 2.75) is 6.29 Å². The summed E-state index contributed by atoms with van der Waals surface area (Å²) in [5.74, 6) is 0. The molecule has 1 atom stereocenters. The number of methoxy groups -OCH3 is 1. The van der Waals surface area contributed by atoms with Crippen LogP contribution in [0.25, 0.3) is 0 Å². The Balaban J connectivity index is 2.81. The smallest absolute Gasteiger partial charge is 0.198 e. The zero-order chi connectivity index (χ0) is 8.27. The second-order valence-corrected chi connectivity index (χ2v) is 2.91. The van der Waals surface area contributed by atoms with Gasteiger partial charge in [0.2, 0.25) is 0 Å². The minimum atomic E-state index is -0.928. The van der Waals surface area contributed by atoms with E-state index in [-0.39, 0.29) is 0 Å². The molecular formula is C7H8BrNO2. The van der Waals surface area contributed by atoms with Gasteiger partial charge in [0, 0.05) is 17.8 Å². The van der Waals surface area contributed by atoms with Crippen LogP contribution in [0.3, 0.4) is 0 Å². The molecule has 60 valence electrons. The SMILES string of the molecule is COC(O)c1ccc(Br)cn1. The maximum Gasteiger partial charge on any atom is 0.198 e. The highest BCUT2D eigenvalue weighted by atomic mass is 79.9. The number of aliphatic hydroxyl groups excluding tert-OH is 1. The van der Waals surface area contributed by atoms with Gasteiger partial charge >= 0.3 is 0 Å². The summed E-state index contributed by atoms with van der Waals surface area (Å²) in [6, 6.07) is 3.49. The molecule has 0 fully saturated rings. The third-order valence-electron chi connectivity index (χ3n) is 1.23. The maximum atomic E-state index is 9.12. The van der Waals surface area contributed by atoms with Gasteiger partial charge in [-0.3, -0.25) is 4.98 Å². The normalized spacial score (nSPS) is 13.0. The van der Waals surface area contributed by atoms with Crippen LogP contribution in [0.5, 0.6) is 0 Å². The third-order valence-corrected chi connectivity index (χ3v) is 1.70. The van der Waals surface area contributed by atoms with Crippen molar-refractivity contribution in [3.05, 3.63) is 28.5 Å². The molecule has 0 aromatic carbocycles. The summed E-state index contributed by atoms with van der Waals surface area (Å²) in [4.78, 5) is 3.93. The van der Waals surface area contributed by atoms with Crippen LogP contribution < -0.4 is 0 Å². The van der Waals surface area contributed by atoms with Crippen LogP contribution in [0.2, 0.25) is 0 Å². The molecule has 0 aliphatic rings. The molecule has 1 aromatic rings. The zero-order valence-electron chi connectivity index (χ0n) is 5.99. The third kappa shape index (κ3) is 2.25. The van der Waals surface area contributed by atoms with Gasteiger partial charge in [-0.1, -0.05) is 0 Å². The van der Waals surface area contributed by atoms with Crippen molar-refractivity contribution in [2.75, 3.05) is 7.11 Å². The lowest BCUT2D eigenvalue weighted by Gasteiger charge is -2.06. The Hall–Kier alpha value is -0.450. The van der Waals surface area contributed by atoms with Crippen molar-refractivity contribution >= 4 is 15.9 Å². The van der Waals surface area contributed by atoms with E-state index in [1.165, 1.54) is 7.11 Å². The Morgan fingerprint density at radius 3 is 2.82 bits per heavy atom. The predicted molar refractivity (Wildman–Crippen MR) is 43.9 cm³/mol. The van der Waals surface area contributed by atoms with Gasteiger partial charge in [-0.25, -0.2) is 0 Å². The van der Waals surface area contributed by atoms with Crippen molar-refractivity contribution in [3.8, 4) is 0 Å². The van der Waals surface area contributed by atoms with Gasteiger partial charge in [0.1, 0.15) is 0 Å². The molecular weight excluding hydrogens is 210 g/mol. The van der Waals surface area contributed by atoms with Gasteiger partial charge in [-0.2, -0.15) is 0 Å². The van der Waals surface area contributed by atoms with Crippen molar-refractivity contribution in [2.24, 2.45) is 0 Å². The van der Waals surface area contributed by atoms with Gasteiger partial charge in [-0.05, 0) is 28.1 Å². The first-order valence-corrected chi connectivity index (χ1v) is 3.85. The lowest BCUT2D eigenvalue weighted by atomic mass is 10.3. The molecule has 1 N–H and O–H groups in total. The van der Waals surface area contributed by atoms with Gasteiger partial charge in [0.05, 0.1) is 5.69 Å². The number of pyridine rings is 1. The Kier molecular flexibility index (Phi) is 2.99. The number of nitrogens with zero attached hydrogens (tertiary/aromatic N) is 1. The van der Waals surface area contributed by atoms with E-state index in [0.29, 0.717) is 5.69 Å². The number of aromatic nitrogens is 1. The minimum absolute atomic E-state index is 0.510. The first-order valence-electron chi connectivity index (χ1n) is 3.06. The quantitative estimate of drug-likeness (QED) is 0.764. The highest BCUT2D eigenvalue weighted by Crippen LogP contribution is 2.13. The van der Waals surface area contributed by atoms with E-state index in [0.717, 1.165) is 4.47 Å².